The van der Waals surface area contributed by atoms with Gasteiger partial charge in [-0.15, -0.1) is 0 Å². The van der Waals surface area contributed by atoms with E-state index < -0.39 is 10.0 Å². The lowest BCUT2D eigenvalue weighted by Gasteiger charge is -2.30. The summed E-state index contributed by atoms with van der Waals surface area (Å²) in [6.45, 7) is 2.64. The van der Waals surface area contributed by atoms with Gasteiger partial charge in [0.15, 0.2) is 5.78 Å². The fourth-order valence-corrected chi connectivity index (χ4v) is 4.86. The first kappa shape index (κ1) is 18.6. The van der Waals surface area contributed by atoms with Crippen molar-refractivity contribution in [3.8, 4) is 5.75 Å². The third-order valence-corrected chi connectivity index (χ3v) is 6.80. The molecule has 1 saturated heterocycles. The predicted molar refractivity (Wildman–Crippen MR) is 100.0 cm³/mol. The van der Waals surface area contributed by atoms with Crippen LogP contribution >= 0.6 is 0 Å². The minimum atomic E-state index is -3.49. The average Bonchev–Trinajstić information content (AvgIpc) is 2.68. The molecule has 0 aliphatic carbocycles. The molecule has 0 amide bonds. The molecule has 138 valence electrons. The number of sulfonamides is 1. The Morgan fingerprint density at radius 2 is 1.73 bits per heavy atom. The van der Waals surface area contributed by atoms with Gasteiger partial charge in [-0.2, -0.15) is 4.31 Å². The topological polar surface area (TPSA) is 63.7 Å². The Morgan fingerprint density at radius 3 is 2.31 bits per heavy atom. The van der Waals surface area contributed by atoms with Gasteiger partial charge in [0.05, 0.1) is 12.0 Å². The van der Waals surface area contributed by atoms with E-state index in [0.29, 0.717) is 36.4 Å². The van der Waals surface area contributed by atoms with Crippen molar-refractivity contribution in [3.05, 3.63) is 59.7 Å². The summed E-state index contributed by atoms with van der Waals surface area (Å²) in [7, 11) is -1.88. The molecule has 1 fully saturated rings. The molecule has 1 heterocycles. The molecule has 1 aliphatic heterocycles. The van der Waals surface area contributed by atoms with E-state index in [-0.39, 0.29) is 11.7 Å². The molecular formula is C20H23NO4S. The Balaban J connectivity index is 1.68. The molecule has 0 aromatic heterocycles. The first-order valence-corrected chi connectivity index (χ1v) is 10.1. The first-order valence-electron chi connectivity index (χ1n) is 8.67. The van der Waals surface area contributed by atoms with E-state index in [1.807, 2.05) is 13.0 Å². The third kappa shape index (κ3) is 3.66. The first-order chi connectivity index (χ1) is 12.4. The Morgan fingerprint density at radius 1 is 1.08 bits per heavy atom. The second-order valence-corrected chi connectivity index (χ2v) is 8.48. The van der Waals surface area contributed by atoms with Crippen molar-refractivity contribution in [3.63, 3.8) is 0 Å². The van der Waals surface area contributed by atoms with Gasteiger partial charge in [-0.25, -0.2) is 8.42 Å². The Labute approximate surface area is 154 Å². The highest BCUT2D eigenvalue weighted by Gasteiger charge is 2.32. The smallest absolute Gasteiger partial charge is 0.243 e. The van der Waals surface area contributed by atoms with Crippen LogP contribution in [0.5, 0.6) is 5.75 Å². The van der Waals surface area contributed by atoms with Crippen LogP contribution in [0.2, 0.25) is 0 Å². The zero-order chi connectivity index (χ0) is 18.7. The zero-order valence-electron chi connectivity index (χ0n) is 15.0. The van der Waals surface area contributed by atoms with Gasteiger partial charge in [-0.1, -0.05) is 18.2 Å². The maximum absolute atomic E-state index is 12.8. The molecular weight excluding hydrogens is 350 g/mol. The van der Waals surface area contributed by atoms with Crippen LogP contribution in [0.4, 0.5) is 0 Å². The van der Waals surface area contributed by atoms with Crippen molar-refractivity contribution in [2.75, 3.05) is 20.2 Å². The van der Waals surface area contributed by atoms with E-state index in [4.69, 9.17) is 4.74 Å². The fourth-order valence-electron chi connectivity index (χ4n) is 3.37. The summed E-state index contributed by atoms with van der Waals surface area (Å²) in [5.74, 6) is 0.683. The van der Waals surface area contributed by atoms with Gasteiger partial charge < -0.3 is 4.74 Å². The van der Waals surface area contributed by atoms with Crippen molar-refractivity contribution in [2.45, 2.75) is 24.7 Å². The minimum Gasteiger partial charge on any atom is -0.496 e. The molecule has 2 aromatic carbocycles. The summed E-state index contributed by atoms with van der Waals surface area (Å²) in [4.78, 5) is 13.1. The maximum atomic E-state index is 12.8. The van der Waals surface area contributed by atoms with Gasteiger partial charge >= 0.3 is 0 Å². The van der Waals surface area contributed by atoms with Crippen LogP contribution in [-0.4, -0.2) is 38.7 Å². The van der Waals surface area contributed by atoms with Gasteiger partial charge in [0.25, 0.3) is 0 Å². The van der Waals surface area contributed by atoms with Crippen LogP contribution < -0.4 is 4.74 Å². The van der Waals surface area contributed by atoms with Gasteiger partial charge in [-0.05, 0) is 55.7 Å². The minimum absolute atomic E-state index is 0.0764. The second-order valence-electron chi connectivity index (χ2n) is 6.54. The van der Waals surface area contributed by atoms with Crippen LogP contribution in [-0.2, 0) is 10.0 Å². The van der Waals surface area contributed by atoms with Crippen LogP contribution in [0.25, 0.3) is 0 Å². The molecule has 3 rings (SSSR count). The zero-order valence-corrected chi connectivity index (χ0v) is 15.8. The quantitative estimate of drug-likeness (QED) is 0.755. The van der Waals surface area contributed by atoms with Crippen LogP contribution in [0.3, 0.4) is 0 Å². The monoisotopic (exact) mass is 373 g/mol. The Hall–Kier alpha value is -2.18. The van der Waals surface area contributed by atoms with Crippen molar-refractivity contribution in [1.29, 1.82) is 0 Å². The van der Waals surface area contributed by atoms with Gasteiger partial charge in [0.1, 0.15) is 5.75 Å². The third-order valence-electron chi connectivity index (χ3n) is 4.89. The van der Waals surface area contributed by atoms with Crippen LogP contribution in [0.15, 0.2) is 53.4 Å². The van der Waals surface area contributed by atoms with Crippen molar-refractivity contribution in [2.24, 2.45) is 5.92 Å². The lowest BCUT2D eigenvalue weighted by atomic mass is 9.89. The number of methoxy groups -OCH3 is 1. The molecule has 26 heavy (non-hydrogen) atoms. The number of carbonyl (C=O) groups excluding carboxylic acids is 1. The highest BCUT2D eigenvalue weighted by atomic mass is 32.2. The standard InChI is InChI=1S/C20H23NO4S/c1-15-14-17(8-9-19(15)25-2)20(22)16-10-12-21(13-11-16)26(23,24)18-6-4-3-5-7-18/h3-9,14,16H,10-13H2,1-2H3. The molecule has 6 heteroatoms. The van der Waals surface area contributed by atoms with Crippen molar-refractivity contribution < 1.29 is 17.9 Å². The number of piperidine rings is 1. The van der Waals surface area contributed by atoms with Crippen LogP contribution in [0.1, 0.15) is 28.8 Å². The lowest BCUT2D eigenvalue weighted by molar-refractivity contribution is 0.0875. The number of ketones is 1. The van der Waals surface area contributed by atoms with E-state index in [9.17, 15) is 13.2 Å². The number of hydrogen-bond acceptors (Lipinski definition) is 4. The van der Waals surface area contributed by atoms with Gasteiger partial charge in [0.2, 0.25) is 10.0 Å². The Bertz CT molecular complexity index is 885. The number of benzene rings is 2. The highest BCUT2D eigenvalue weighted by molar-refractivity contribution is 7.89. The molecule has 5 nitrogen and oxygen atoms in total. The van der Waals surface area contributed by atoms with Crippen molar-refractivity contribution in [1.82, 2.24) is 4.31 Å². The molecule has 0 bridgehead atoms. The molecule has 0 N–H and O–H groups in total. The summed E-state index contributed by atoms with van der Waals surface area (Å²) in [6, 6.07) is 13.9. The number of ether oxygens (including phenoxy) is 1. The predicted octanol–water partition coefficient (Wildman–Crippen LogP) is 3.29. The van der Waals surface area contributed by atoms with E-state index >= 15 is 0 Å². The highest BCUT2D eigenvalue weighted by Crippen LogP contribution is 2.27. The molecule has 0 radical (unpaired) electrons. The van der Waals surface area contributed by atoms with Crippen LogP contribution in [0, 0.1) is 12.8 Å². The van der Waals surface area contributed by atoms with E-state index in [1.165, 1.54) is 4.31 Å². The van der Waals surface area contributed by atoms with E-state index in [2.05, 4.69) is 0 Å². The summed E-state index contributed by atoms with van der Waals surface area (Å²) in [5.41, 5.74) is 1.58. The van der Waals surface area contributed by atoms with E-state index in [1.54, 1.807) is 49.6 Å². The SMILES string of the molecule is COc1ccc(C(=O)C2CCN(S(=O)(=O)c3ccccc3)CC2)cc1C. The number of aryl methyl sites for hydroxylation is 1. The number of hydrogen-bond donors (Lipinski definition) is 0. The lowest BCUT2D eigenvalue weighted by Crippen LogP contribution is -2.40. The van der Waals surface area contributed by atoms with Gasteiger partial charge in [-0.3, -0.25) is 4.79 Å². The fraction of sp³-hybridized carbons (Fsp3) is 0.350. The van der Waals surface area contributed by atoms with E-state index in [0.717, 1.165) is 11.3 Å². The normalized spacial score (nSPS) is 16.4. The van der Waals surface area contributed by atoms with Crippen molar-refractivity contribution >= 4 is 15.8 Å². The second kappa shape index (κ2) is 7.60. The average molecular weight is 373 g/mol. The number of Topliss-reactive ketones (excluding diaryl/α,β-unsaturated/α-hetero) is 1. The largest absolute Gasteiger partial charge is 0.496 e. The van der Waals surface area contributed by atoms with Gasteiger partial charge in [0, 0.05) is 24.6 Å². The molecule has 0 atom stereocenters. The summed E-state index contributed by atoms with van der Waals surface area (Å²) >= 11 is 0. The summed E-state index contributed by atoms with van der Waals surface area (Å²) < 4.78 is 32.1. The molecule has 2 aromatic rings. The molecule has 1 aliphatic rings. The number of rotatable bonds is 5. The molecule has 0 unspecified atom stereocenters. The molecule has 0 saturated carbocycles. The summed E-state index contributed by atoms with van der Waals surface area (Å²) in [5, 5.41) is 0. The molecule has 0 spiro atoms. The Kier molecular flexibility index (Phi) is 5.44. The maximum Gasteiger partial charge on any atom is 0.243 e. The number of nitrogens with zero attached hydrogens (tertiary/aromatic N) is 1. The number of carbonyl (C=O) groups is 1. The summed E-state index contributed by atoms with van der Waals surface area (Å²) in [6.07, 6.45) is 1.08.